The highest BCUT2D eigenvalue weighted by Crippen LogP contribution is 2.41. The van der Waals surface area contributed by atoms with Gasteiger partial charge in [-0.05, 0) is 59.9 Å². The number of unbranched alkanes of at least 4 members (excludes halogenated alkanes) is 2. The number of rotatable bonds is 11. The van der Waals surface area contributed by atoms with Crippen molar-refractivity contribution in [2.24, 2.45) is 0 Å². The molecule has 180 valence electrons. The summed E-state index contributed by atoms with van der Waals surface area (Å²) in [6.45, 7) is 6.69. The summed E-state index contributed by atoms with van der Waals surface area (Å²) in [5.74, 6) is 1.41. The van der Waals surface area contributed by atoms with E-state index in [2.05, 4.69) is 112 Å². The zero-order valence-corrected chi connectivity index (χ0v) is 21.5. The van der Waals surface area contributed by atoms with E-state index in [1.807, 2.05) is 0 Å². The lowest BCUT2D eigenvalue weighted by Crippen LogP contribution is -2.14. The van der Waals surface area contributed by atoms with Crippen LogP contribution < -0.4 is 0 Å². The van der Waals surface area contributed by atoms with Gasteiger partial charge in [-0.25, -0.2) is 9.97 Å². The van der Waals surface area contributed by atoms with Crippen molar-refractivity contribution in [3.8, 4) is 11.4 Å². The Morgan fingerprint density at radius 2 is 1.31 bits per heavy atom. The van der Waals surface area contributed by atoms with Crippen molar-refractivity contribution >= 4 is 0 Å². The molecule has 1 unspecified atom stereocenters. The van der Waals surface area contributed by atoms with Crippen molar-refractivity contribution in [2.75, 3.05) is 0 Å². The van der Waals surface area contributed by atoms with Gasteiger partial charge >= 0.3 is 0 Å². The smallest absolute Gasteiger partial charge is 0.159 e. The fourth-order valence-corrected chi connectivity index (χ4v) is 5.19. The third kappa shape index (κ3) is 6.25. The third-order valence-electron chi connectivity index (χ3n) is 7.02. The molecule has 0 N–H and O–H groups in total. The third-order valence-corrected chi connectivity index (χ3v) is 7.02. The minimum atomic E-state index is 0.274. The second-order valence-corrected chi connectivity index (χ2v) is 9.64. The van der Waals surface area contributed by atoms with Crippen LogP contribution in [0.2, 0.25) is 0 Å². The normalized spacial score (nSPS) is 12.1. The van der Waals surface area contributed by atoms with E-state index in [1.165, 1.54) is 47.1 Å². The lowest BCUT2D eigenvalue weighted by molar-refractivity contribution is 0.547. The molecule has 1 atom stereocenters. The molecule has 0 fully saturated rings. The molecule has 0 saturated heterocycles. The molecule has 0 aliphatic heterocycles. The zero-order valence-electron chi connectivity index (χ0n) is 21.5. The highest BCUT2D eigenvalue weighted by atomic mass is 14.9. The maximum absolute atomic E-state index is 4.88. The molecule has 2 heteroatoms. The Kier molecular flexibility index (Phi) is 8.84. The van der Waals surface area contributed by atoms with E-state index in [0.29, 0.717) is 5.92 Å². The maximum Gasteiger partial charge on any atom is 0.159 e. The quantitative estimate of drug-likeness (QED) is 0.208. The number of nitrogens with zero attached hydrogens (tertiary/aromatic N) is 2. The fraction of sp³-hybridized carbons (Fsp3) is 0.333. The fourth-order valence-electron chi connectivity index (χ4n) is 5.19. The lowest BCUT2D eigenvalue weighted by Gasteiger charge is -2.28. The summed E-state index contributed by atoms with van der Waals surface area (Å²) in [5.41, 5.74) is 7.69. The number of aromatic nitrogens is 2. The van der Waals surface area contributed by atoms with Crippen LogP contribution in [-0.4, -0.2) is 9.97 Å². The SMILES string of the molecule is CCCCCc1ccc(-c2ncc(C(CCC)C(c3ccccc3)c3ccccc3)cn2)c(C)c1. The van der Waals surface area contributed by atoms with Crippen LogP contribution in [0.15, 0.2) is 91.3 Å². The van der Waals surface area contributed by atoms with Gasteiger partial charge in [0.25, 0.3) is 0 Å². The van der Waals surface area contributed by atoms with Crippen molar-refractivity contribution in [1.29, 1.82) is 0 Å². The van der Waals surface area contributed by atoms with Crippen molar-refractivity contribution in [2.45, 2.75) is 71.1 Å². The van der Waals surface area contributed by atoms with Crippen molar-refractivity contribution < 1.29 is 0 Å². The summed E-state index contributed by atoms with van der Waals surface area (Å²) in [5, 5.41) is 0. The van der Waals surface area contributed by atoms with E-state index in [0.717, 1.165) is 30.7 Å². The number of benzene rings is 3. The first kappa shape index (κ1) is 24.9. The van der Waals surface area contributed by atoms with Crippen LogP contribution in [-0.2, 0) is 6.42 Å². The molecule has 1 heterocycles. The first-order valence-corrected chi connectivity index (χ1v) is 13.2. The molecule has 2 nitrogen and oxygen atoms in total. The average molecular weight is 463 g/mol. The Hall–Kier alpha value is -3.26. The van der Waals surface area contributed by atoms with Crippen LogP contribution in [0.4, 0.5) is 0 Å². The molecule has 0 aliphatic carbocycles. The summed E-state index contributed by atoms with van der Waals surface area (Å²) < 4.78 is 0. The van der Waals surface area contributed by atoms with Gasteiger partial charge in [0, 0.05) is 23.9 Å². The van der Waals surface area contributed by atoms with E-state index in [4.69, 9.17) is 9.97 Å². The second-order valence-electron chi connectivity index (χ2n) is 9.64. The van der Waals surface area contributed by atoms with E-state index in [-0.39, 0.29) is 5.92 Å². The van der Waals surface area contributed by atoms with Crippen LogP contribution in [0.1, 0.15) is 85.6 Å². The van der Waals surface area contributed by atoms with E-state index in [9.17, 15) is 0 Å². The minimum Gasteiger partial charge on any atom is -0.236 e. The minimum absolute atomic E-state index is 0.274. The topological polar surface area (TPSA) is 25.8 Å². The lowest BCUT2D eigenvalue weighted by atomic mass is 9.76. The van der Waals surface area contributed by atoms with Crippen molar-refractivity contribution in [3.05, 3.63) is 119 Å². The van der Waals surface area contributed by atoms with Gasteiger partial charge in [0.05, 0.1) is 0 Å². The first-order chi connectivity index (χ1) is 17.2. The predicted molar refractivity (Wildman–Crippen MR) is 148 cm³/mol. The van der Waals surface area contributed by atoms with Gasteiger partial charge in [-0.3, -0.25) is 0 Å². The summed E-state index contributed by atoms with van der Waals surface area (Å²) >= 11 is 0. The van der Waals surface area contributed by atoms with E-state index < -0.39 is 0 Å². The van der Waals surface area contributed by atoms with E-state index in [1.54, 1.807) is 0 Å². The van der Waals surface area contributed by atoms with Crippen LogP contribution in [0.25, 0.3) is 11.4 Å². The first-order valence-electron chi connectivity index (χ1n) is 13.2. The zero-order chi connectivity index (χ0) is 24.5. The molecule has 1 aromatic heterocycles. The standard InChI is InChI=1S/C33H38N2/c1-4-6-9-15-26-20-21-30(25(3)22-26)33-34-23-29(24-35-33)31(14-5-2)32(27-16-10-7-11-17-27)28-18-12-8-13-19-28/h7-8,10-13,16-24,31-32H,4-6,9,14-15H2,1-3H3. The van der Waals surface area contributed by atoms with Gasteiger partial charge < -0.3 is 0 Å². The Morgan fingerprint density at radius 3 is 1.86 bits per heavy atom. The molecule has 0 radical (unpaired) electrons. The Balaban J connectivity index is 1.64. The van der Waals surface area contributed by atoms with Crippen LogP contribution in [0.3, 0.4) is 0 Å². The monoisotopic (exact) mass is 462 g/mol. The molecule has 35 heavy (non-hydrogen) atoms. The van der Waals surface area contributed by atoms with Gasteiger partial charge in [0.2, 0.25) is 0 Å². The van der Waals surface area contributed by atoms with E-state index >= 15 is 0 Å². The molecule has 0 spiro atoms. The molecule has 0 aliphatic rings. The highest BCUT2D eigenvalue weighted by Gasteiger charge is 2.26. The molecule has 0 amide bonds. The number of aryl methyl sites for hydroxylation is 2. The van der Waals surface area contributed by atoms with Crippen LogP contribution >= 0.6 is 0 Å². The second kappa shape index (κ2) is 12.4. The van der Waals surface area contributed by atoms with Crippen molar-refractivity contribution in [3.63, 3.8) is 0 Å². The molecular formula is C33H38N2. The summed E-state index contributed by atoms with van der Waals surface area (Å²) in [4.78, 5) is 9.75. The Morgan fingerprint density at radius 1 is 0.686 bits per heavy atom. The number of hydrogen-bond acceptors (Lipinski definition) is 2. The highest BCUT2D eigenvalue weighted by molar-refractivity contribution is 5.60. The van der Waals surface area contributed by atoms with Crippen LogP contribution in [0.5, 0.6) is 0 Å². The number of hydrogen-bond donors (Lipinski definition) is 0. The summed E-state index contributed by atoms with van der Waals surface area (Å²) in [7, 11) is 0. The van der Waals surface area contributed by atoms with Gasteiger partial charge in [0.15, 0.2) is 5.82 Å². The average Bonchev–Trinajstić information content (AvgIpc) is 2.90. The molecule has 3 aromatic carbocycles. The largest absolute Gasteiger partial charge is 0.236 e. The maximum atomic E-state index is 4.88. The molecule has 4 rings (SSSR count). The molecule has 0 saturated carbocycles. The van der Waals surface area contributed by atoms with Gasteiger partial charge in [-0.2, -0.15) is 0 Å². The molecule has 4 aromatic rings. The summed E-state index contributed by atoms with van der Waals surface area (Å²) in [6, 6.07) is 28.5. The van der Waals surface area contributed by atoms with Gasteiger partial charge in [-0.15, -0.1) is 0 Å². The molecule has 0 bridgehead atoms. The van der Waals surface area contributed by atoms with Gasteiger partial charge in [-0.1, -0.05) is 112 Å². The van der Waals surface area contributed by atoms with Crippen LogP contribution in [0, 0.1) is 6.92 Å². The molecular weight excluding hydrogens is 424 g/mol. The summed E-state index contributed by atoms with van der Waals surface area (Å²) in [6.07, 6.45) is 11.3. The van der Waals surface area contributed by atoms with Crippen molar-refractivity contribution in [1.82, 2.24) is 9.97 Å². The Labute approximate surface area is 211 Å². The van der Waals surface area contributed by atoms with Gasteiger partial charge in [0.1, 0.15) is 0 Å². The Bertz CT molecular complexity index is 1130. The predicted octanol–water partition coefficient (Wildman–Crippen LogP) is 8.90.